The zero-order chi connectivity index (χ0) is 19.8. The Balaban J connectivity index is 1.90. The van der Waals surface area contributed by atoms with Gasteiger partial charge < -0.3 is 0 Å². The number of hydrogen-bond acceptors (Lipinski definition) is 5. The van der Waals surface area contributed by atoms with Gasteiger partial charge in [-0.25, -0.2) is 9.07 Å². The Morgan fingerprint density at radius 3 is 2.57 bits per heavy atom. The van der Waals surface area contributed by atoms with Crippen LogP contribution >= 0.6 is 34.8 Å². The summed E-state index contributed by atoms with van der Waals surface area (Å²) in [5.41, 5.74) is 3.02. The van der Waals surface area contributed by atoms with Gasteiger partial charge in [0.1, 0.15) is 12.1 Å². The molecule has 0 radical (unpaired) electrons. The first kappa shape index (κ1) is 18.8. The number of halogens is 4. The number of aromatic nitrogens is 7. The molecule has 11 heteroatoms. The average Bonchev–Trinajstić information content (AvgIpc) is 3.30. The van der Waals surface area contributed by atoms with Crippen LogP contribution in [-0.4, -0.2) is 35.2 Å². The molecule has 142 valence electrons. The van der Waals surface area contributed by atoms with Crippen LogP contribution in [-0.2, 0) is 6.42 Å². The minimum Gasteiger partial charge on any atom is -0.219 e. The summed E-state index contributed by atoms with van der Waals surface area (Å²) in [7, 11) is 0. The van der Waals surface area contributed by atoms with E-state index < -0.39 is 5.82 Å². The Morgan fingerprint density at radius 2 is 1.89 bits per heavy atom. The molecule has 0 bridgehead atoms. The molecule has 7 nitrogen and oxygen atoms in total. The summed E-state index contributed by atoms with van der Waals surface area (Å²) in [6, 6.07) is 6.63. The summed E-state index contributed by atoms with van der Waals surface area (Å²) in [5, 5.41) is 19.7. The number of aryl methyl sites for hydroxylation is 1. The van der Waals surface area contributed by atoms with E-state index in [1.165, 1.54) is 28.0 Å². The van der Waals surface area contributed by atoms with E-state index in [2.05, 4.69) is 25.8 Å². The molecule has 2 aromatic carbocycles. The lowest BCUT2D eigenvalue weighted by atomic mass is 9.98. The van der Waals surface area contributed by atoms with Gasteiger partial charge in [-0.1, -0.05) is 40.0 Å². The molecule has 0 spiro atoms. The second-order valence-corrected chi connectivity index (χ2v) is 7.24. The summed E-state index contributed by atoms with van der Waals surface area (Å²) in [5.74, 6) is -0.564. The summed E-state index contributed by atoms with van der Waals surface area (Å²) in [4.78, 5) is 0. The summed E-state index contributed by atoms with van der Waals surface area (Å²) in [6.07, 6.45) is 3.11. The van der Waals surface area contributed by atoms with Crippen LogP contribution in [0.2, 0.25) is 15.2 Å². The highest BCUT2D eigenvalue weighted by molar-refractivity contribution is 6.31. The molecule has 0 saturated carbocycles. The van der Waals surface area contributed by atoms with Crippen molar-refractivity contribution in [2.75, 3.05) is 0 Å². The number of rotatable bonds is 4. The molecule has 0 aliphatic heterocycles. The standard InChI is InChI=1S/C17H11Cl3FN7/c1-9-4-11(18)5-10(17(9)28-8-22-24-26-28)6-12-14(3-2-13(19)16(12)21)27-7-15(20)23-25-27/h2-5,7-8H,6H2,1H3. The molecule has 0 aliphatic rings. The van der Waals surface area contributed by atoms with Crippen molar-refractivity contribution >= 4 is 34.8 Å². The lowest BCUT2D eigenvalue weighted by Gasteiger charge is -2.16. The van der Waals surface area contributed by atoms with E-state index in [1.807, 2.05) is 6.92 Å². The molecule has 0 amide bonds. The lowest BCUT2D eigenvalue weighted by Crippen LogP contribution is -2.09. The Labute approximate surface area is 173 Å². The molecule has 0 saturated heterocycles. The van der Waals surface area contributed by atoms with E-state index in [9.17, 15) is 0 Å². The summed E-state index contributed by atoms with van der Waals surface area (Å²) in [6.45, 7) is 1.87. The number of tetrazole rings is 1. The van der Waals surface area contributed by atoms with Crippen molar-refractivity contribution in [3.63, 3.8) is 0 Å². The largest absolute Gasteiger partial charge is 0.219 e. The van der Waals surface area contributed by atoms with Crippen LogP contribution in [0.5, 0.6) is 0 Å². The Kier molecular flexibility index (Phi) is 5.01. The van der Waals surface area contributed by atoms with Gasteiger partial charge in [0.25, 0.3) is 0 Å². The molecular formula is C17H11Cl3FN7. The fourth-order valence-electron chi connectivity index (χ4n) is 3.05. The van der Waals surface area contributed by atoms with E-state index in [4.69, 9.17) is 34.8 Å². The van der Waals surface area contributed by atoms with Crippen molar-refractivity contribution in [3.05, 3.63) is 74.5 Å². The highest BCUT2D eigenvalue weighted by Gasteiger charge is 2.19. The third-order valence-electron chi connectivity index (χ3n) is 4.17. The Bertz CT molecular complexity index is 1160. The van der Waals surface area contributed by atoms with Crippen LogP contribution < -0.4 is 0 Å². The van der Waals surface area contributed by atoms with Gasteiger partial charge in [-0.05, 0) is 52.7 Å². The molecule has 0 unspecified atom stereocenters. The van der Waals surface area contributed by atoms with E-state index in [0.717, 1.165) is 5.56 Å². The predicted molar refractivity (Wildman–Crippen MR) is 103 cm³/mol. The Morgan fingerprint density at radius 1 is 1.07 bits per heavy atom. The van der Waals surface area contributed by atoms with Gasteiger partial charge in [0.15, 0.2) is 5.15 Å². The van der Waals surface area contributed by atoms with Gasteiger partial charge in [0.2, 0.25) is 0 Å². The molecule has 28 heavy (non-hydrogen) atoms. The SMILES string of the molecule is Cc1cc(Cl)cc(Cc2c(-n3cc(Cl)nn3)ccc(Cl)c2F)c1-n1cnnn1. The van der Waals surface area contributed by atoms with Gasteiger partial charge >= 0.3 is 0 Å². The average molecular weight is 439 g/mol. The maximum Gasteiger partial charge on any atom is 0.171 e. The second kappa shape index (κ2) is 7.46. The Hall–Kier alpha value is -2.55. The maximum atomic E-state index is 15.0. The number of nitrogens with zero attached hydrogens (tertiary/aromatic N) is 7. The van der Waals surface area contributed by atoms with E-state index >= 15 is 4.39 Å². The minimum absolute atomic E-state index is 0.00677. The molecule has 4 aromatic rings. The predicted octanol–water partition coefficient (Wildman–Crippen LogP) is 4.24. The van der Waals surface area contributed by atoms with Crippen LogP contribution in [0.3, 0.4) is 0 Å². The molecule has 0 N–H and O–H groups in total. The second-order valence-electron chi connectivity index (χ2n) is 6.01. The van der Waals surface area contributed by atoms with Crippen molar-refractivity contribution in [1.29, 1.82) is 0 Å². The molecule has 0 aliphatic carbocycles. The van der Waals surface area contributed by atoms with Gasteiger partial charge in [-0.2, -0.15) is 4.68 Å². The van der Waals surface area contributed by atoms with Crippen molar-refractivity contribution in [2.24, 2.45) is 0 Å². The van der Waals surface area contributed by atoms with Crippen molar-refractivity contribution < 1.29 is 4.39 Å². The van der Waals surface area contributed by atoms with Gasteiger partial charge in [0, 0.05) is 17.0 Å². The fourth-order valence-corrected chi connectivity index (χ4v) is 3.65. The summed E-state index contributed by atoms with van der Waals surface area (Å²) >= 11 is 18.2. The molecule has 0 fully saturated rings. The van der Waals surface area contributed by atoms with Crippen molar-refractivity contribution in [1.82, 2.24) is 35.2 Å². The number of hydrogen-bond donors (Lipinski definition) is 0. The van der Waals surface area contributed by atoms with Crippen LogP contribution in [0.15, 0.2) is 36.8 Å². The molecule has 2 heterocycles. The van der Waals surface area contributed by atoms with E-state index in [-0.39, 0.29) is 16.6 Å². The molecular weight excluding hydrogens is 428 g/mol. The first-order valence-electron chi connectivity index (χ1n) is 8.01. The van der Waals surface area contributed by atoms with Crippen LogP contribution in [0.25, 0.3) is 11.4 Å². The monoisotopic (exact) mass is 437 g/mol. The zero-order valence-electron chi connectivity index (χ0n) is 14.3. The highest BCUT2D eigenvalue weighted by Crippen LogP contribution is 2.31. The first-order valence-corrected chi connectivity index (χ1v) is 9.15. The third-order valence-corrected chi connectivity index (χ3v) is 4.86. The van der Waals surface area contributed by atoms with Crippen molar-refractivity contribution in [3.8, 4) is 11.4 Å². The maximum absolute atomic E-state index is 15.0. The van der Waals surface area contributed by atoms with Crippen LogP contribution in [0.1, 0.15) is 16.7 Å². The minimum atomic E-state index is -0.564. The third kappa shape index (κ3) is 3.46. The van der Waals surface area contributed by atoms with Gasteiger partial charge in [-0.3, -0.25) is 0 Å². The van der Waals surface area contributed by atoms with Gasteiger partial charge in [0.05, 0.1) is 22.6 Å². The van der Waals surface area contributed by atoms with Gasteiger partial charge in [-0.15, -0.1) is 10.2 Å². The number of benzene rings is 2. The van der Waals surface area contributed by atoms with Crippen LogP contribution in [0, 0.1) is 12.7 Å². The molecule has 2 aromatic heterocycles. The van der Waals surface area contributed by atoms with E-state index in [1.54, 1.807) is 18.2 Å². The fraction of sp³-hybridized carbons (Fsp3) is 0.118. The van der Waals surface area contributed by atoms with E-state index in [0.29, 0.717) is 27.5 Å². The zero-order valence-corrected chi connectivity index (χ0v) is 16.6. The van der Waals surface area contributed by atoms with Crippen molar-refractivity contribution in [2.45, 2.75) is 13.3 Å². The highest BCUT2D eigenvalue weighted by atomic mass is 35.5. The molecule has 0 atom stereocenters. The summed E-state index contributed by atoms with van der Waals surface area (Å²) < 4.78 is 17.9. The van der Waals surface area contributed by atoms with Crippen LogP contribution in [0.4, 0.5) is 4.39 Å². The first-order chi connectivity index (χ1) is 13.4. The smallest absolute Gasteiger partial charge is 0.171 e. The normalized spacial score (nSPS) is 11.2. The topological polar surface area (TPSA) is 74.3 Å². The lowest BCUT2D eigenvalue weighted by molar-refractivity contribution is 0.609. The molecule has 4 rings (SSSR count). The quantitative estimate of drug-likeness (QED) is 0.476.